The fourth-order valence-electron chi connectivity index (χ4n) is 2.70. The number of ether oxygens (including phenoxy) is 1. The number of rotatable bonds is 7. The Kier molecular flexibility index (Phi) is 7.03. The molecule has 0 aliphatic carbocycles. The number of carbonyl (C=O) groups excluding carboxylic acids is 1. The van der Waals surface area contributed by atoms with Crippen molar-refractivity contribution in [1.82, 2.24) is 5.32 Å². The number of thiocarbonyl (C=S) groups is 1. The quantitative estimate of drug-likeness (QED) is 0.309. The van der Waals surface area contributed by atoms with E-state index >= 15 is 0 Å². The number of amides is 1. The number of non-ortho nitro benzene ring substituents is 2. The molecule has 0 bridgehead atoms. The van der Waals surface area contributed by atoms with E-state index in [1.54, 1.807) is 24.3 Å². The Morgan fingerprint density at radius 1 is 0.906 bits per heavy atom. The van der Waals surface area contributed by atoms with Crippen LogP contribution in [0.4, 0.5) is 17.1 Å². The van der Waals surface area contributed by atoms with E-state index < -0.39 is 27.1 Å². The lowest BCUT2D eigenvalue weighted by Crippen LogP contribution is -2.34. The molecule has 32 heavy (non-hydrogen) atoms. The summed E-state index contributed by atoms with van der Waals surface area (Å²) in [5.74, 6) is -0.351. The van der Waals surface area contributed by atoms with Crippen molar-refractivity contribution in [2.75, 3.05) is 5.32 Å². The van der Waals surface area contributed by atoms with Gasteiger partial charge in [-0.1, -0.05) is 42.5 Å². The maximum absolute atomic E-state index is 12.5. The van der Waals surface area contributed by atoms with Gasteiger partial charge in [-0.3, -0.25) is 30.3 Å². The van der Waals surface area contributed by atoms with Crippen molar-refractivity contribution in [3.8, 4) is 5.75 Å². The van der Waals surface area contributed by atoms with E-state index in [1.807, 2.05) is 30.3 Å². The third-order valence-electron chi connectivity index (χ3n) is 4.19. The van der Waals surface area contributed by atoms with E-state index in [1.165, 1.54) is 0 Å². The van der Waals surface area contributed by atoms with Gasteiger partial charge < -0.3 is 10.1 Å². The van der Waals surface area contributed by atoms with Gasteiger partial charge in [-0.2, -0.15) is 0 Å². The number of hydrogen-bond donors (Lipinski definition) is 2. The van der Waals surface area contributed by atoms with Crippen molar-refractivity contribution < 1.29 is 19.4 Å². The molecule has 0 aromatic heterocycles. The number of anilines is 1. The molecular weight excluding hydrogens is 436 g/mol. The molecule has 0 aliphatic rings. The molecule has 0 atom stereocenters. The second-order valence-corrected chi connectivity index (χ2v) is 6.84. The lowest BCUT2D eigenvalue weighted by molar-refractivity contribution is -0.394. The van der Waals surface area contributed by atoms with E-state index in [0.29, 0.717) is 18.0 Å². The largest absolute Gasteiger partial charge is 0.487 e. The molecule has 3 aromatic carbocycles. The Bertz CT molecular complexity index is 1150. The third-order valence-corrected chi connectivity index (χ3v) is 4.39. The zero-order valence-electron chi connectivity index (χ0n) is 16.4. The van der Waals surface area contributed by atoms with Crippen LogP contribution in [-0.4, -0.2) is 20.9 Å². The summed E-state index contributed by atoms with van der Waals surface area (Å²) in [7, 11) is 0. The summed E-state index contributed by atoms with van der Waals surface area (Å²) in [6.45, 7) is 0.315. The Hall–Kier alpha value is -4.38. The average molecular weight is 452 g/mol. The van der Waals surface area contributed by atoms with Crippen LogP contribution in [0.1, 0.15) is 15.9 Å². The predicted octanol–water partition coefficient (Wildman–Crippen LogP) is 4.21. The molecule has 0 spiro atoms. The highest BCUT2D eigenvalue weighted by Gasteiger charge is 2.20. The number of benzene rings is 3. The summed E-state index contributed by atoms with van der Waals surface area (Å²) in [6, 6.07) is 19.1. The fourth-order valence-corrected chi connectivity index (χ4v) is 2.90. The van der Waals surface area contributed by atoms with Gasteiger partial charge in [-0.15, -0.1) is 0 Å². The molecule has 1 amide bonds. The van der Waals surface area contributed by atoms with Gasteiger partial charge in [0.25, 0.3) is 17.3 Å². The molecule has 0 saturated heterocycles. The molecule has 0 unspecified atom stereocenters. The van der Waals surface area contributed by atoms with E-state index in [2.05, 4.69) is 10.6 Å². The summed E-state index contributed by atoms with van der Waals surface area (Å²) < 4.78 is 5.81. The van der Waals surface area contributed by atoms with E-state index in [9.17, 15) is 25.0 Å². The molecule has 0 heterocycles. The summed E-state index contributed by atoms with van der Waals surface area (Å²) >= 11 is 5.15. The summed E-state index contributed by atoms with van der Waals surface area (Å²) in [6.07, 6.45) is 0. The van der Waals surface area contributed by atoms with Crippen molar-refractivity contribution >= 4 is 40.3 Å². The molecule has 3 rings (SSSR count). The van der Waals surface area contributed by atoms with Gasteiger partial charge in [-0.25, -0.2) is 0 Å². The predicted molar refractivity (Wildman–Crippen MR) is 121 cm³/mol. The third kappa shape index (κ3) is 5.83. The molecule has 0 radical (unpaired) electrons. The zero-order valence-corrected chi connectivity index (χ0v) is 17.2. The minimum absolute atomic E-state index is 0.111. The minimum Gasteiger partial charge on any atom is -0.487 e. The number of carbonyl (C=O) groups is 1. The maximum Gasteiger partial charge on any atom is 0.277 e. The topological polar surface area (TPSA) is 137 Å². The lowest BCUT2D eigenvalue weighted by atomic mass is 10.1. The lowest BCUT2D eigenvalue weighted by Gasteiger charge is -2.14. The van der Waals surface area contributed by atoms with E-state index in [-0.39, 0.29) is 10.7 Å². The Morgan fingerprint density at radius 2 is 1.50 bits per heavy atom. The molecule has 3 aromatic rings. The number of para-hydroxylation sites is 2. The molecule has 2 N–H and O–H groups in total. The smallest absolute Gasteiger partial charge is 0.277 e. The van der Waals surface area contributed by atoms with Gasteiger partial charge in [0.2, 0.25) is 0 Å². The van der Waals surface area contributed by atoms with Crippen LogP contribution in [-0.2, 0) is 6.61 Å². The average Bonchev–Trinajstić information content (AvgIpc) is 2.78. The molecule has 0 fully saturated rings. The van der Waals surface area contributed by atoms with Crippen LogP contribution in [0.2, 0.25) is 0 Å². The van der Waals surface area contributed by atoms with Crippen molar-refractivity contribution in [3.05, 3.63) is 104 Å². The van der Waals surface area contributed by atoms with Crippen LogP contribution in [0, 0.1) is 20.2 Å². The van der Waals surface area contributed by atoms with Gasteiger partial charge >= 0.3 is 0 Å². The zero-order chi connectivity index (χ0) is 23.1. The number of nitrogens with one attached hydrogen (secondary N) is 2. The van der Waals surface area contributed by atoms with Crippen molar-refractivity contribution in [1.29, 1.82) is 0 Å². The Morgan fingerprint density at radius 3 is 2.12 bits per heavy atom. The Balaban J connectivity index is 1.70. The minimum atomic E-state index is -0.836. The monoisotopic (exact) mass is 452 g/mol. The second kappa shape index (κ2) is 10.1. The normalized spacial score (nSPS) is 10.1. The van der Waals surface area contributed by atoms with Gasteiger partial charge in [0.15, 0.2) is 5.11 Å². The van der Waals surface area contributed by atoms with Crippen LogP contribution >= 0.6 is 12.2 Å². The maximum atomic E-state index is 12.5. The number of nitrogens with zero attached hydrogens (tertiary/aromatic N) is 2. The molecular formula is C21H16N4O6S. The molecule has 162 valence electrons. The highest BCUT2D eigenvalue weighted by molar-refractivity contribution is 7.80. The molecule has 10 nitrogen and oxygen atoms in total. The number of hydrogen-bond acceptors (Lipinski definition) is 7. The highest BCUT2D eigenvalue weighted by Crippen LogP contribution is 2.25. The van der Waals surface area contributed by atoms with Crippen LogP contribution in [0.5, 0.6) is 5.75 Å². The molecule has 11 heteroatoms. The van der Waals surface area contributed by atoms with Gasteiger partial charge in [0, 0.05) is 12.1 Å². The highest BCUT2D eigenvalue weighted by atomic mass is 32.1. The van der Waals surface area contributed by atoms with Crippen LogP contribution < -0.4 is 15.4 Å². The fraction of sp³-hybridized carbons (Fsp3) is 0.0476. The van der Waals surface area contributed by atoms with Crippen LogP contribution in [0.3, 0.4) is 0 Å². The van der Waals surface area contributed by atoms with Crippen molar-refractivity contribution in [2.45, 2.75) is 6.61 Å². The van der Waals surface area contributed by atoms with Crippen LogP contribution in [0.15, 0.2) is 72.8 Å². The first-order valence-corrected chi connectivity index (χ1v) is 9.56. The molecule has 0 aliphatic heterocycles. The standard InChI is InChI=1S/C21H16N4O6S/c26-20(15-10-16(24(27)28)12-17(11-15)25(29)30)23-21(32)22-18-8-4-5-9-19(18)31-13-14-6-2-1-3-7-14/h1-12H,13H2,(H2,22,23,26,32). The summed E-state index contributed by atoms with van der Waals surface area (Å²) in [5.41, 5.74) is 0.0126. The van der Waals surface area contributed by atoms with Gasteiger partial charge in [0.05, 0.1) is 27.2 Å². The summed E-state index contributed by atoms with van der Waals surface area (Å²) in [4.78, 5) is 32.9. The Labute approximate surface area is 187 Å². The van der Waals surface area contributed by atoms with Crippen molar-refractivity contribution in [3.63, 3.8) is 0 Å². The van der Waals surface area contributed by atoms with Gasteiger partial charge in [0.1, 0.15) is 12.4 Å². The van der Waals surface area contributed by atoms with E-state index in [4.69, 9.17) is 17.0 Å². The second-order valence-electron chi connectivity index (χ2n) is 6.43. The van der Waals surface area contributed by atoms with E-state index in [0.717, 1.165) is 23.8 Å². The first-order valence-electron chi connectivity index (χ1n) is 9.15. The van der Waals surface area contributed by atoms with Crippen molar-refractivity contribution in [2.24, 2.45) is 0 Å². The first kappa shape index (κ1) is 22.3. The first-order chi connectivity index (χ1) is 15.3. The molecule has 0 saturated carbocycles. The number of nitro groups is 2. The van der Waals surface area contributed by atoms with Crippen LogP contribution in [0.25, 0.3) is 0 Å². The summed E-state index contributed by atoms with van der Waals surface area (Å²) in [5, 5.41) is 27.1. The number of nitro benzene ring substituents is 2. The SMILES string of the molecule is O=C(NC(=S)Nc1ccccc1OCc1ccccc1)c1cc([N+](=O)[O-])cc([N+](=O)[O-])c1. The van der Waals surface area contributed by atoms with Gasteiger partial charge in [-0.05, 0) is 29.9 Å².